The van der Waals surface area contributed by atoms with Crippen molar-refractivity contribution in [3.05, 3.63) is 65.7 Å². The molecule has 0 aliphatic heterocycles. The largest absolute Gasteiger partial charge is 0.496 e. The van der Waals surface area contributed by atoms with Gasteiger partial charge < -0.3 is 14.6 Å². The zero-order valence-corrected chi connectivity index (χ0v) is 17.5. The number of aromatic nitrogens is 2. The first kappa shape index (κ1) is 20.3. The Labute approximate surface area is 181 Å². The predicted molar refractivity (Wildman–Crippen MR) is 118 cm³/mol. The van der Waals surface area contributed by atoms with Crippen LogP contribution in [0.3, 0.4) is 0 Å². The maximum absolute atomic E-state index is 12.6. The second kappa shape index (κ2) is 8.80. The van der Waals surface area contributed by atoms with Gasteiger partial charge in [-0.2, -0.15) is 0 Å². The number of para-hydroxylation sites is 1. The van der Waals surface area contributed by atoms with Crippen molar-refractivity contribution in [3.8, 4) is 28.3 Å². The molecule has 0 saturated carbocycles. The number of nitrogens with one attached hydrogen (secondary N) is 2. The molecule has 0 aliphatic carbocycles. The molecule has 2 heterocycles. The highest BCUT2D eigenvalue weighted by Gasteiger charge is 2.17. The van der Waals surface area contributed by atoms with Gasteiger partial charge in [0.15, 0.2) is 16.6 Å². The predicted octanol–water partition coefficient (Wildman–Crippen LogP) is 4.68. The van der Waals surface area contributed by atoms with Gasteiger partial charge in [-0.05, 0) is 24.3 Å². The van der Waals surface area contributed by atoms with E-state index in [0.717, 1.165) is 5.56 Å². The normalized spacial score (nSPS) is 10.5. The van der Waals surface area contributed by atoms with Crippen LogP contribution in [0.5, 0.6) is 5.75 Å². The van der Waals surface area contributed by atoms with E-state index in [1.165, 1.54) is 18.3 Å². The fourth-order valence-corrected chi connectivity index (χ4v) is 3.62. The number of benzene rings is 2. The number of methoxy groups -OCH3 is 1. The lowest BCUT2D eigenvalue weighted by atomic mass is 10.1. The third kappa shape index (κ3) is 4.62. The van der Waals surface area contributed by atoms with Crippen LogP contribution in [0.2, 0.25) is 0 Å². The first-order valence-corrected chi connectivity index (χ1v) is 10.2. The summed E-state index contributed by atoms with van der Waals surface area (Å²) in [7, 11) is 1.57. The molecule has 4 rings (SSSR count). The molecule has 2 aromatic heterocycles. The van der Waals surface area contributed by atoms with Gasteiger partial charge >= 0.3 is 0 Å². The van der Waals surface area contributed by atoms with Gasteiger partial charge in [0, 0.05) is 29.6 Å². The lowest BCUT2D eigenvalue weighted by Crippen LogP contribution is -2.11. The van der Waals surface area contributed by atoms with Crippen LogP contribution in [-0.2, 0) is 4.79 Å². The summed E-state index contributed by atoms with van der Waals surface area (Å²) in [5.41, 5.74) is 3.13. The van der Waals surface area contributed by atoms with E-state index in [9.17, 15) is 9.59 Å². The molecule has 0 radical (unpaired) electrons. The van der Waals surface area contributed by atoms with E-state index in [-0.39, 0.29) is 11.6 Å². The van der Waals surface area contributed by atoms with E-state index in [4.69, 9.17) is 9.26 Å². The highest BCUT2D eigenvalue weighted by atomic mass is 32.1. The van der Waals surface area contributed by atoms with Gasteiger partial charge in [-0.15, -0.1) is 11.3 Å². The number of hydrogen-bond acceptors (Lipinski definition) is 7. The molecule has 0 saturated heterocycles. The van der Waals surface area contributed by atoms with Crippen LogP contribution < -0.4 is 15.4 Å². The van der Waals surface area contributed by atoms with Crippen molar-refractivity contribution < 1.29 is 18.8 Å². The number of carbonyl (C=O) groups excluding carboxylic acids is 2. The maximum Gasteiger partial charge on any atom is 0.279 e. The number of ether oxygens (including phenoxy) is 1. The Bertz CT molecular complexity index is 1230. The minimum atomic E-state index is -0.424. The third-order valence-corrected chi connectivity index (χ3v) is 5.10. The molecule has 0 unspecified atom stereocenters. The molecule has 0 fully saturated rings. The van der Waals surface area contributed by atoms with Crippen molar-refractivity contribution in [1.82, 2.24) is 10.1 Å². The number of nitrogens with zero attached hydrogens (tertiary/aromatic N) is 2. The molecule has 156 valence electrons. The molecule has 4 aromatic rings. The highest BCUT2D eigenvalue weighted by molar-refractivity contribution is 7.14. The van der Waals surface area contributed by atoms with Gasteiger partial charge in [-0.1, -0.05) is 29.4 Å². The van der Waals surface area contributed by atoms with Gasteiger partial charge in [0.25, 0.3) is 5.91 Å². The van der Waals surface area contributed by atoms with Crippen LogP contribution in [-0.4, -0.2) is 29.1 Å². The maximum atomic E-state index is 12.6. The van der Waals surface area contributed by atoms with Crippen molar-refractivity contribution in [2.24, 2.45) is 0 Å². The van der Waals surface area contributed by atoms with Crippen molar-refractivity contribution in [1.29, 1.82) is 0 Å². The molecule has 31 heavy (non-hydrogen) atoms. The molecule has 2 N–H and O–H groups in total. The molecule has 0 bridgehead atoms. The topological polar surface area (TPSA) is 106 Å². The standard InChI is InChI=1S/C22H18N4O4S/c1-13(27)23-15-9-7-14(8-10-15)18-12-31-22(24-18)25-21(28)17-11-20(30-26-17)16-5-3-4-6-19(16)29-2/h3-12H,1-2H3,(H,23,27)(H,24,25,28). The second-order valence-electron chi connectivity index (χ2n) is 6.53. The number of thiazole rings is 1. The minimum Gasteiger partial charge on any atom is -0.496 e. The number of carbonyl (C=O) groups is 2. The Hall–Kier alpha value is -3.98. The smallest absolute Gasteiger partial charge is 0.279 e. The molecule has 0 spiro atoms. The summed E-state index contributed by atoms with van der Waals surface area (Å²) < 4.78 is 10.6. The zero-order chi connectivity index (χ0) is 21.8. The van der Waals surface area contributed by atoms with Gasteiger partial charge in [-0.3, -0.25) is 14.9 Å². The van der Waals surface area contributed by atoms with E-state index in [1.807, 2.05) is 35.7 Å². The van der Waals surface area contributed by atoms with Crippen molar-refractivity contribution in [2.45, 2.75) is 6.92 Å². The lowest BCUT2D eigenvalue weighted by Gasteiger charge is -2.03. The molecule has 0 aliphatic rings. The summed E-state index contributed by atoms with van der Waals surface area (Å²) in [5.74, 6) is 0.501. The van der Waals surface area contributed by atoms with E-state index in [1.54, 1.807) is 31.4 Å². The summed E-state index contributed by atoms with van der Waals surface area (Å²) in [5, 5.41) is 11.6. The van der Waals surface area contributed by atoms with Crippen LogP contribution in [0.15, 0.2) is 64.5 Å². The van der Waals surface area contributed by atoms with Crippen molar-refractivity contribution >= 4 is 34.0 Å². The summed E-state index contributed by atoms with van der Waals surface area (Å²) >= 11 is 1.30. The fourth-order valence-electron chi connectivity index (χ4n) is 2.91. The van der Waals surface area contributed by atoms with Crippen molar-refractivity contribution in [3.63, 3.8) is 0 Å². The second-order valence-corrected chi connectivity index (χ2v) is 7.39. The van der Waals surface area contributed by atoms with Gasteiger partial charge in [0.1, 0.15) is 5.75 Å². The molecule has 8 nitrogen and oxygen atoms in total. The number of anilines is 2. The summed E-state index contributed by atoms with van der Waals surface area (Å²) in [6.07, 6.45) is 0. The number of hydrogen-bond donors (Lipinski definition) is 2. The van der Waals surface area contributed by atoms with Gasteiger partial charge in [0.05, 0.1) is 18.4 Å². The van der Waals surface area contributed by atoms with Crippen LogP contribution in [0.4, 0.5) is 10.8 Å². The van der Waals surface area contributed by atoms with E-state index >= 15 is 0 Å². The highest BCUT2D eigenvalue weighted by Crippen LogP contribution is 2.30. The Morgan fingerprint density at radius 2 is 1.84 bits per heavy atom. The zero-order valence-electron chi connectivity index (χ0n) is 16.7. The third-order valence-electron chi connectivity index (χ3n) is 4.34. The fraction of sp³-hybridized carbons (Fsp3) is 0.0909. The molecular weight excluding hydrogens is 416 g/mol. The molecular formula is C22H18N4O4S. The molecule has 9 heteroatoms. The van der Waals surface area contributed by atoms with Crippen LogP contribution >= 0.6 is 11.3 Å². The minimum absolute atomic E-state index is 0.131. The number of rotatable bonds is 6. The summed E-state index contributed by atoms with van der Waals surface area (Å²) in [6.45, 7) is 1.46. The van der Waals surface area contributed by atoms with E-state index < -0.39 is 5.91 Å². The average Bonchev–Trinajstić information content (AvgIpc) is 3.44. The van der Waals surface area contributed by atoms with Crippen LogP contribution in [0.25, 0.3) is 22.6 Å². The SMILES string of the molecule is COc1ccccc1-c1cc(C(=O)Nc2nc(-c3ccc(NC(C)=O)cc3)cs2)no1. The van der Waals surface area contributed by atoms with E-state index in [0.29, 0.717) is 33.6 Å². The summed E-state index contributed by atoms with van der Waals surface area (Å²) in [4.78, 5) is 28.1. The van der Waals surface area contributed by atoms with Crippen molar-refractivity contribution in [2.75, 3.05) is 17.7 Å². The summed E-state index contributed by atoms with van der Waals surface area (Å²) in [6, 6.07) is 16.2. The molecule has 2 amide bonds. The molecule has 0 atom stereocenters. The Balaban J connectivity index is 1.46. The first-order valence-electron chi connectivity index (χ1n) is 9.28. The van der Waals surface area contributed by atoms with Gasteiger partial charge in [0.2, 0.25) is 5.91 Å². The Morgan fingerprint density at radius 3 is 2.58 bits per heavy atom. The van der Waals surface area contributed by atoms with Gasteiger partial charge in [-0.25, -0.2) is 4.98 Å². The lowest BCUT2D eigenvalue weighted by molar-refractivity contribution is -0.114. The Morgan fingerprint density at radius 1 is 1.06 bits per heavy atom. The first-order chi connectivity index (χ1) is 15.0. The monoisotopic (exact) mass is 434 g/mol. The molecule has 2 aromatic carbocycles. The van der Waals surface area contributed by atoms with Crippen LogP contribution in [0.1, 0.15) is 17.4 Å². The van der Waals surface area contributed by atoms with Crippen LogP contribution in [0, 0.1) is 0 Å². The van der Waals surface area contributed by atoms with E-state index in [2.05, 4.69) is 20.8 Å². The number of amides is 2. The average molecular weight is 434 g/mol. The quantitative estimate of drug-likeness (QED) is 0.456. The Kier molecular flexibility index (Phi) is 5.76.